The number of amides is 2. The van der Waals surface area contributed by atoms with Crippen molar-refractivity contribution in [2.75, 3.05) is 10.6 Å². The summed E-state index contributed by atoms with van der Waals surface area (Å²) in [5.74, 6) is 0.369. The van der Waals surface area contributed by atoms with Gasteiger partial charge in [0, 0.05) is 11.4 Å². The zero-order chi connectivity index (χ0) is 18.0. The third kappa shape index (κ3) is 3.50. The summed E-state index contributed by atoms with van der Waals surface area (Å²) in [5.41, 5.74) is 6.22. The summed E-state index contributed by atoms with van der Waals surface area (Å²) in [6.07, 6.45) is 2.72. The molecule has 0 atom stereocenters. The largest absolute Gasteiger partial charge is 0.508 e. The van der Waals surface area contributed by atoms with E-state index in [1.54, 1.807) is 12.1 Å². The maximum absolute atomic E-state index is 11.1. The lowest BCUT2D eigenvalue weighted by atomic mass is 10.1. The molecule has 2 aliphatic rings. The maximum Gasteiger partial charge on any atom is 0.228 e. The van der Waals surface area contributed by atoms with Crippen molar-refractivity contribution in [1.82, 2.24) is 0 Å². The Balaban J connectivity index is 0.000000146. The first-order valence-corrected chi connectivity index (χ1v) is 8.57. The van der Waals surface area contributed by atoms with Gasteiger partial charge in [0.05, 0.1) is 12.8 Å². The number of rotatable bonds is 2. The van der Waals surface area contributed by atoms with Gasteiger partial charge in [-0.3, -0.25) is 9.59 Å². The lowest BCUT2D eigenvalue weighted by molar-refractivity contribution is -0.115. The molecule has 5 nitrogen and oxygen atoms in total. The molecular weight excluding hydrogens is 316 g/mol. The minimum atomic E-state index is 0.00954. The molecule has 3 N–H and O–H groups in total. The van der Waals surface area contributed by atoms with E-state index in [4.69, 9.17) is 0 Å². The summed E-state index contributed by atoms with van der Waals surface area (Å²) >= 11 is 0. The molecule has 0 unspecified atom stereocenters. The van der Waals surface area contributed by atoms with E-state index in [1.807, 2.05) is 19.1 Å². The maximum atomic E-state index is 11.1. The number of hydrogen-bond acceptors (Lipinski definition) is 3. The predicted molar refractivity (Wildman–Crippen MR) is 98.0 cm³/mol. The number of fused-ring (bicyclic) bond motifs is 2. The number of aromatic hydroxyl groups is 1. The van der Waals surface area contributed by atoms with Crippen LogP contribution in [0.1, 0.15) is 36.1 Å². The van der Waals surface area contributed by atoms with Crippen molar-refractivity contribution >= 4 is 23.2 Å². The molecule has 2 heterocycles. The van der Waals surface area contributed by atoms with Crippen molar-refractivity contribution in [2.45, 2.75) is 39.5 Å². The van der Waals surface area contributed by atoms with Gasteiger partial charge in [0.2, 0.25) is 11.8 Å². The highest BCUT2D eigenvalue weighted by Gasteiger charge is 2.21. The zero-order valence-electron chi connectivity index (χ0n) is 14.5. The Morgan fingerprint density at radius 1 is 0.880 bits per heavy atom. The van der Waals surface area contributed by atoms with E-state index in [-0.39, 0.29) is 17.6 Å². The molecule has 2 aromatic carbocycles. The lowest BCUT2D eigenvalue weighted by Crippen LogP contribution is -2.04. The molecule has 5 heteroatoms. The van der Waals surface area contributed by atoms with Gasteiger partial charge in [-0.1, -0.05) is 32.0 Å². The van der Waals surface area contributed by atoms with Crippen LogP contribution >= 0.6 is 0 Å². The van der Waals surface area contributed by atoms with E-state index in [2.05, 4.69) is 23.6 Å². The van der Waals surface area contributed by atoms with Gasteiger partial charge >= 0.3 is 0 Å². The second-order valence-corrected chi connectivity index (χ2v) is 6.25. The van der Waals surface area contributed by atoms with Gasteiger partial charge in [0.1, 0.15) is 5.75 Å². The summed E-state index contributed by atoms with van der Waals surface area (Å²) in [7, 11) is 0. The minimum Gasteiger partial charge on any atom is -0.508 e. The molecule has 0 aliphatic carbocycles. The standard InChI is InChI=1S/C10H11NO2.C10H11NO/c1-2-6-3-8(12)4-7-5-9(13)11-10(6)7;1-2-7-4-3-5-8-6-9(12)11-10(7)8/h3-4,12H,2,5H2,1H3,(H,11,13);3-5H,2,6H2,1H3,(H,11,12). The van der Waals surface area contributed by atoms with Crippen LogP contribution in [0.15, 0.2) is 30.3 Å². The van der Waals surface area contributed by atoms with Crippen LogP contribution in [0.4, 0.5) is 11.4 Å². The Morgan fingerprint density at radius 3 is 2.12 bits per heavy atom. The highest BCUT2D eigenvalue weighted by molar-refractivity contribution is 6.00. The smallest absolute Gasteiger partial charge is 0.228 e. The second-order valence-electron chi connectivity index (χ2n) is 6.25. The number of aryl methyl sites for hydroxylation is 2. The van der Waals surface area contributed by atoms with Gasteiger partial charge in [0.15, 0.2) is 0 Å². The molecule has 25 heavy (non-hydrogen) atoms. The van der Waals surface area contributed by atoms with Crippen molar-refractivity contribution in [3.05, 3.63) is 52.6 Å². The first-order chi connectivity index (χ1) is 12.0. The Labute approximate surface area is 147 Å². The molecule has 0 aromatic heterocycles. The quantitative estimate of drug-likeness (QED) is 0.736. The molecule has 0 radical (unpaired) electrons. The van der Waals surface area contributed by atoms with Gasteiger partial charge < -0.3 is 15.7 Å². The fraction of sp³-hybridized carbons (Fsp3) is 0.300. The fourth-order valence-corrected chi connectivity index (χ4v) is 3.30. The molecule has 0 saturated heterocycles. The topological polar surface area (TPSA) is 78.4 Å². The number of para-hydroxylation sites is 1. The first-order valence-electron chi connectivity index (χ1n) is 8.57. The fourth-order valence-electron chi connectivity index (χ4n) is 3.30. The molecule has 0 fully saturated rings. The van der Waals surface area contributed by atoms with E-state index in [0.717, 1.165) is 40.9 Å². The first kappa shape index (κ1) is 17.0. The van der Waals surface area contributed by atoms with Crippen molar-refractivity contribution in [1.29, 1.82) is 0 Å². The molecular formula is C20H22N2O3. The third-order valence-electron chi connectivity index (χ3n) is 4.52. The van der Waals surface area contributed by atoms with E-state index in [9.17, 15) is 14.7 Å². The van der Waals surface area contributed by atoms with Crippen molar-refractivity contribution in [3.8, 4) is 5.75 Å². The molecule has 0 bridgehead atoms. The van der Waals surface area contributed by atoms with E-state index >= 15 is 0 Å². The molecule has 0 saturated carbocycles. The van der Waals surface area contributed by atoms with E-state index in [0.29, 0.717) is 12.8 Å². The molecule has 2 aromatic rings. The SMILES string of the molecule is CCc1cc(O)cc2c1NC(=O)C2.CCc1cccc2c1NC(=O)C2. The summed E-state index contributed by atoms with van der Waals surface area (Å²) < 4.78 is 0. The number of benzene rings is 2. The highest BCUT2D eigenvalue weighted by atomic mass is 16.3. The van der Waals surface area contributed by atoms with Gasteiger partial charge in [-0.2, -0.15) is 0 Å². The minimum absolute atomic E-state index is 0.00954. The van der Waals surface area contributed by atoms with Crippen LogP contribution in [-0.2, 0) is 35.3 Å². The van der Waals surface area contributed by atoms with Crippen LogP contribution in [0, 0.1) is 0 Å². The second kappa shape index (κ2) is 6.97. The summed E-state index contributed by atoms with van der Waals surface area (Å²) in [5, 5.41) is 15.0. The number of phenolic OH excluding ortho intramolecular Hbond substituents is 1. The molecule has 2 aliphatic heterocycles. The number of nitrogens with one attached hydrogen (secondary N) is 2. The monoisotopic (exact) mass is 338 g/mol. The Bertz CT molecular complexity index is 843. The Kier molecular flexibility index (Phi) is 4.74. The summed E-state index contributed by atoms with van der Waals surface area (Å²) in [6.45, 7) is 4.10. The summed E-state index contributed by atoms with van der Waals surface area (Å²) in [6, 6.07) is 9.42. The van der Waals surface area contributed by atoms with E-state index in [1.165, 1.54) is 5.56 Å². The lowest BCUT2D eigenvalue weighted by Gasteiger charge is -2.06. The van der Waals surface area contributed by atoms with Gasteiger partial charge in [0.25, 0.3) is 0 Å². The number of phenols is 1. The normalized spacial score (nSPS) is 14.2. The van der Waals surface area contributed by atoms with Crippen LogP contribution in [0.5, 0.6) is 5.75 Å². The molecule has 0 spiro atoms. The average Bonchev–Trinajstić information content (AvgIpc) is 3.14. The van der Waals surface area contributed by atoms with Gasteiger partial charge in [-0.05, 0) is 47.2 Å². The third-order valence-corrected chi connectivity index (χ3v) is 4.52. The highest BCUT2D eigenvalue weighted by Crippen LogP contribution is 2.31. The number of carbonyl (C=O) groups excluding carboxylic acids is 2. The van der Waals surface area contributed by atoms with Crippen LogP contribution in [0.25, 0.3) is 0 Å². The average molecular weight is 338 g/mol. The van der Waals surface area contributed by atoms with Crippen LogP contribution in [0.2, 0.25) is 0 Å². The molecule has 2 amide bonds. The number of anilines is 2. The Morgan fingerprint density at radius 2 is 1.48 bits per heavy atom. The molecule has 4 rings (SSSR count). The summed E-state index contributed by atoms with van der Waals surface area (Å²) in [4.78, 5) is 22.1. The van der Waals surface area contributed by atoms with Gasteiger partial charge in [-0.15, -0.1) is 0 Å². The predicted octanol–water partition coefficient (Wildman–Crippen LogP) is 3.19. The van der Waals surface area contributed by atoms with Crippen LogP contribution in [-0.4, -0.2) is 16.9 Å². The van der Waals surface area contributed by atoms with Crippen molar-refractivity contribution < 1.29 is 14.7 Å². The van der Waals surface area contributed by atoms with Crippen LogP contribution < -0.4 is 10.6 Å². The molecule has 130 valence electrons. The zero-order valence-corrected chi connectivity index (χ0v) is 14.5. The Hall–Kier alpha value is -2.82. The van der Waals surface area contributed by atoms with Crippen LogP contribution in [0.3, 0.4) is 0 Å². The van der Waals surface area contributed by atoms with Crippen molar-refractivity contribution in [2.24, 2.45) is 0 Å². The van der Waals surface area contributed by atoms with Gasteiger partial charge in [-0.25, -0.2) is 0 Å². The number of carbonyl (C=O) groups is 2. The van der Waals surface area contributed by atoms with E-state index < -0.39 is 0 Å². The van der Waals surface area contributed by atoms with Crippen molar-refractivity contribution in [3.63, 3.8) is 0 Å². The number of hydrogen-bond donors (Lipinski definition) is 3.